The maximum Gasteiger partial charge on any atom is 0.0105 e. The average Bonchev–Trinajstić information content (AvgIpc) is 2.65. The molecule has 0 aliphatic heterocycles. The average molecular weight is 239 g/mol. The molecule has 0 amide bonds. The van der Waals surface area contributed by atoms with E-state index in [0.29, 0.717) is 11.5 Å². The molecule has 1 N–H and O–H groups in total. The molecule has 1 rings (SSSR count). The number of hydrogen-bond acceptors (Lipinski definition) is 2. The van der Waals surface area contributed by atoms with Gasteiger partial charge in [-0.3, -0.25) is 0 Å². The SMILES string of the molecule is CCc1ccc(C(C)(C)CCNC(C)C)s1. The van der Waals surface area contributed by atoms with Crippen molar-refractivity contribution in [1.82, 2.24) is 5.32 Å². The van der Waals surface area contributed by atoms with Crippen LogP contribution in [-0.4, -0.2) is 12.6 Å². The third-order valence-corrected chi connectivity index (χ3v) is 4.58. The molecule has 0 bridgehead atoms. The third-order valence-electron chi connectivity index (χ3n) is 2.98. The summed E-state index contributed by atoms with van der Waals surface area (Å²) in [7, 11) is 0. The molecule has 92 valence electrons. The van der Waals surface area contributed by atoms with E-state index in [9.17, 15) is 0 Å². The smallest absolute Gasteiger partial charge is 0.0105 e. The summed E-state index contributed by atoms with van der Waals surface area (Å²) in [6.45, 7) is 12.4. The van der Waals surface area contributed by atoms with Crippen LogP contribution in [0.25, 0.3) is 0 Å². The topological polar surface area (TPSA) is 12.0 Å². The number of thiophene rings is 1. The zero-order valence-corrected chi connectivity index (χ0v) is 12.1. The van der Waals surface area contributed by atoms with Gasteiger partial charge in [0.25, 0.3) is 0 Å². The van der Waals surface area contributed by atoms with E-state index < -0.39 is 0 Å². The van der Waals surface area contributed by atoms with Crippen molar-refractivity contribution in [2.24, 2.45) is 0 Å². The monoisotopic (exact) mass is 239 g/mol. The van der Waals surface area contributed by atoms with E-state index in [2.05, 4.69) is 52.1 Å². The normalized spacial score (nSPS) is 12.4. The van der Waals surface area contributed by atoms with Gasteiger partial charge in [0.15, 0.2) is 0 Å². The van der Waals surface area contributed by atoms with Gasteiger partial charge in [-0.1, -0.05) is 34.6 Å². The Morgan fingerprint density at radius 3 is 2.50 bits per heavy atom. The van der Waals surface area contributed by atoms with Crippen molar-refractivity contribution in [1.29, 1.82) is 0 Å². The van der Waals surface area contributed by atoms with E-state index in [4.69, 9.17) is 0 Å². The van der Waals surface area contributed by atoms with E-state index in [1.165, 1.54) is 16.2 Å². The van der Waals surface area contributed by atoms with Crippen molar-refractivity contribution in [3.05, 3.63) is 21.9 Å². The van der Waals surface area contributed by atoms with Gasteiger partial charge in [-0.05, 0) is 31.5 Å². The molecule has 0 aliphatic rings. The highest BCUT2D eigenvalue weighted by atomic mass is 32.1. The summed E-state index contributed by atoms with van der Waals surface area (Å²) in [5.74, 6) is 0. The molecular formula is C14H25NS. The lowest BCUT2D eigenvalue weighted by atomic mass is 9.87. The Morgan fingerprint density at radius 2 is 2.00 bits per heavy atom. The van der Waals surface area contributed by atoms with Gasteiger partial charge < -0.3 is 5.32 Å². The molecule has 0 unspecified atom stereocenters. The molecule has 1 aromatic heterocycles. The molecule has 16 heavy (non-hydrogen) atoms. The van der Waals surface area contributed by atoms with Gasteiger partial charge in [0.2, 0.25) is 0 Å². The molecule has 2 heteroatoms. The van der Waals surface area contributed by atoms with Crippen LogP contribution >= 0.6 is 11.3 Å². The minimum Gasteiger partial charge on any atom is -0.315 e. The zero-order valence-electron chi connectivity index (χ0n) is 11.3. The number of aryl methyl sites for hydroxylation is 1. The number of rotatable bonds is 6. The van der Waals surface area contributed by atoms with E-state index in [-0.39, 0.29) is 0 Å². The van der Waals surface area contributed by atoms with Crippen molar-refractivity contribution in [2.75, 3.05) is 6.54 Å². The fourth-order valence-corrected chi connectivity index (χ4v) is 2.81. The summed E-state index contributed by atoms with van der Waals surface area (Å²) in [6.07, 6.45) is 2.36. The van der Waals surface area contributed by atoms with Crippen molar-refractivity contribution in [3.63, 3.8) is 0 Å². The van der Waals surface area contributed by atoms with Crippen molar-refractivity contribution in [3.8, 4) is 0 Å². The van der Waals surface area contributed by atoms with Gasteiger partial charge in [0.05, 0.1) is 0 Å². The van der Waals surface area contributed by atoms with Crippen LogP contribution in [0.4, 0.5) is 0 Å². The first-order valence-electron chi connectivity index (χ1n) is 6.28. The van der Waals surface area contributed by atoms with Crippen LogP contribution in [0.2, 0.25) is 0 Å². The first-order valence-corrected chi connectivity index (χ1v) is 7.10. The second kappa shape index (κ2) is 5.83. The summed E-state index contributed by atoms with van der Waals surface area (Å²) >= 11 is 1.97. The highest BCUT2D eigenvalue weighted by Gasteiger charge is 2.21. The molecule has 0 saturated heterocycles. The largest absolute Gasteiger partial charge is 0.315 e. The van der Waals surface area contributed by atoms with Crippen LogP contribution in [0.15, 0.2) is 12.1 Å². The van der Waals surface area contributed by atoms with Crippen LogP contribution in [0.3, 0.4) is 0 Å². The van der Waals surface area contributed by atoms with Gasteiger partial charge in [-0.2, -0.15) is 0 Å². The summed E-state index contributed by atoms with van der Waals surface area (Å²) < 4.78 is 0. The quantitative estimate of drug-likeness (QED) is 0.792. The molecule has 0 aromatic carbocycles. The Bertz CT molecular complexity index is 312. The molecular weight excluding hydrogens is 214 g/mol. The third kappa shape index (κ3) is 3.91. The Balaban J connectivity index is 2.55. The molecule has 0 spiro atoms. The van der Waals surface area contributed by atoms with Gasteiger partial charge >= 0.3 is 0 Å². The molecule has 1 aromatic rings. The molecule has 0 aliphatic carbocycles. The fourth-order valence-electron chi connectivity index (χ4n) is 1.73. The Kier molecular flexibility index (Phi) is 5.00. The van der Waals surface area contributed by atoms with Crippen LogP contribution in [-0.2, 0) is 11.8 Å². The summed E-state index contributed by atoms with van der Waals surface area (Å²) in [5.41, 5.74) is 0.306. The van der Waals surface area contributed by atoms with E-state index >= 15 is 0 Å². The van der Waals surface area contributed by atoms with Gasteiger partial charge in [0.1, 0.15) is 0 Å². The van der Waals surface area contributed by atoms with Crippen LogP contribution in [0, 0.1) is 0 Å². The second-order valence-corrected chi connectivity index (χ2v) is 6.53. The maximum atomic E-state index is 3.50. The van der Waals surface area contributed by atoms with Gasteiger partial charge in [0, 0.05) is 21.2 Å². The Labute approximate surface area is 104 Å². The molecule has 0 radical (unpaired) electrons. The molecule has 1 heterocycles. The van der Waals surface area contributed by atoms with Crippen molar-refractivity contribution < 1.29 is 0 Å². The summed E-state index contributed by atoms with van der Waals surface area (Å²) in [5, 5.41) is 3.50. The Hall–Kier alpha value is -0.340. The Morgan fingerprint density at radius 1 is 1.31 bits per heavy atom. The molecule has 0 fully saturated rings. The zero-order chi connectivity index (χ0) is 12.2. The molecule has 1 nitrogen and oxygen atoms in total. The number of nitrogens with one attached hydrogen (secondary N) is 1. The first kappa shape index (κ1) is 13.7. The van der Waals surface area contributed by atoms with E-state index in [1.54, 1.807) is 0 Å². The lowest BCUT2D eigenvalue weighted by Crippen LogP contribution is -2.29. The van der Waals surface area contributed by atoms with Gasteiger partial charge in [-0.25, -0.2) is 0 Å². The van der Waals surface area contributed by atoms with E-state index in [0.717, 1.165) is 13.0 Å². The maximum absolute atomic E-state index is 3.50. The highest BCUT2D eigenvalue weighted by Crippen LogP contribution is 2.32. The first-order chi connectivity index (χ1) is 7.45. The van der Waals surface area contributed by atoms with Gasteiger partial charge in [-0.15, -0.1) is 11.3 Å². The standard InChI is InChI=1S/C14H25NS/c1-6-12-7-8-13(16-12)14(4,5)9-10-15-11(2)3/h7-8,11,15H,6,9-10H2,1-5H3. The van der Waals surface area contributed by atoms with Crippen LogP contribution < -0.4 is 5.32 Å². The molecule has 0 saturated carbocycles. The number of hydrogen-bond donors (Lipinski definition) is 1. The fraction of sp³-hybridized carbons (Fsp3) is 0.714. The highest BCUT2D eigenvalue weighted by molar-refractivity contribution is 7.12. The van der Waals surface area contributed by atoms with Crippen molar-refractivity contribution >= 4 is 11.3 Å². The second-order valence-electron chi connectivity index (χ2n) is 5.36. The van der Waals surface area contributed by atoms with Crippen molar-refractivity contribution in [2.45, 2.75) is 58.9 Å². The minimum atomic E-state index is 0.306. The van der Waals surface area contributed by atoms with Crippen LogP contribution in [0.5, 0.6) is 0 Å². The van der Waals surface area contributed by atoms with Crippen LogP contribution in [0.1, 0.15) is 50.8 Å². The minimum absolute atomic E-state index is 0.306. The summed E-state index contributed by atoms with van der Waals surface area (Å²) in [6, 6.07) is 5.17. The predicted molar refractivity (Wildman–Crippen MR) is 74.5 cm³/mol. The lowest BCUT2D eigenvalue weighted by Gasteiger charge is -2.24. The molecule has 0 atom stereocenters. The predicted octanol–water partition coefficient (Wildman–Crippen LogP) is 3.98. The summed E-state index contributed by atoms with van der Waals surface area (Å²) in [4.78, 5) is 3.02. The lowest BCUT2D eigenvalue weighted by molar-refractivity contribution is 0.448. The van der Waals surface area contributed by atoms with E-state index in [1.807, 2.05) is 11.3 Å².